The molecule has 0 aliphatic carbocycles. The van der Waals surface area contributed by atoms with Gasteiger partial charge in [-0.1, -0.05) is 51.9 Å². The van der Waals surface area contributed by atoms with Gasteiger partial charge in [-0.2, -0.15) is 11.8 Å². The molecule has 0 saturated heterocycles. The van der Waals surface area contributed by atoms with E-state index in [-0.39, 0.29) is 11.9 Å². The molecular formula is C17H25NO3S3. The van der Waals surface area contributed by atoms with Gasteiger partial charge >= 0.3 is 5.97 Å². The maximum atomic E-state index is 11.4. The highest BCUT2D eigenvalue weighted by Crippen LogP contribution is 2.27. The molecular weight excluding hydrogens is 362 g/mol. The van der Waals surface area contributed by atoms with Crippen LogP contribution in [0.3, 0.4) is 0 Å². The zero-order valence-electron chi connectivity index (χ0n) is 14.1. The first-order valence-corrected chi connectivity index (χ1v) is 11.7. The van der Waals surface area contributed by atoms with E-state index in [9.17, 15) is 14.7 Å². The molecule has 0 radical (unpaired) electrons. The molecule has 4 nitrogen and oxygen atoms in total. The van der Waals surface area contributed by atoms with Crippen LogP contribution in [0.15, 0.2) is 30.3 Å². The van der Waals surface area contributed by atoms with Crippen LogP contribution >= 0.6 is 33.3 Å². The summed E-state index contributed by atoms with van der Waals surface area (Å²) in [5, 5.41) is 12.4. The summed E-state index contributed by atoms with van der Waals surface area (Å²) < 4.78 is 0. The van der Waals surface area contributed by atoms with Crippen LogP contribution in [0.2, 0.25) is 0 Å². The summed E-state index contributed by atoms with van der Waals surface area (Å²) in [6, 6.07) is 9.86. The van der Waals surface area contributed by atoms with Crippen LogP contribution in [-0.4, -0.2) is 46.5 Å². The Labute approximate surface area is 156 Å². The van der Waals surface area contributed by atoms with Crippen LogP contribution < -0.4 is 5.32 Å². The maximum Gasteiger partial charge on any atom is 0.307 e. The minimum atomic E-state index is -0.757. The number of carboxylic acid groups (broad SMARTS) is 1. The minimum Gasteiger partial charge on any atom is -0.481 e. The number of thioether (sulfide) groups is 1. The number of carboxylic acids is 1. The van der Waals surface area contributed by atoms with Crippen LogP contribution in [0.1, 0.15) is 18.9 Å². The molecule has 0 bridgehead atoms. The highest BCUT2D eigenvalue weighted by Gasteiger charge is 2.19. The Hall–Kier alpha value is -0.790. The van der Waals surface area contributed by atoms with E-state index in [1.165, 1.54) is 6.92 Å². The summed E-state index contributed by atoms with van der Waals surface area (Å²) in [4.78, 5) is 22.7. The van der Waals surface area contributed by atoms with Gasteiger partial charge in [0.05, 0.1) is 5.92 Å². The van der Waals surface area contributed by atoms with Gasteiger partial charge in [0.1, 0.15) is 0 Å². The number of nitrogens with one attached hydrogen (secondary N) is 1. The number of rotatable bonds is 12. The maximum absolute atomic E-state index is 11.4. The Morgan fingerprint density at radius 3 is 2.42 bits per heavy atom. The van der Waals surface area contributed by atoms with Crippen LogP contribution in [-0.2, 0) is 16.0 Å². The number of amides is 1. The minimum absolute atomic E-state index is 0.0146. The molecule has 0 fully saturated rings. The molecule has 7 heteroatoms. The number of aliphatic carboxylic acids is 1. The lowest BCUT2D eigenvalue weighted by Gasteiger charge is -2.17. The monoisotopic (exact) mass is 387 g/mol. The molecule has 134 valence electrons. The first-order valence-electron chi connectivity index (χ1n) is 7.80. The molecule has 2 N–H and O–H groups in total. The second kappa shape index (κ2) is 12.6. The van der Waals surface area contributed by atoms with E-state index < -0.39 is 11.9 Å². The molecule has 1 aromatic rings. The molecule has 24 heavy (non-hydrogen) atoms. The second-order valence-electron chi connectivity index (χ2n) is 5.47. The third-order valence-corrected chi connectivity index (χ3v) is 6.58. The van der Waals surface area contributed by atoms with Crippen molar-refractivity contribution in [2.24, 2.45) is 5.92 Å². The van der Waals surface area contributed by atoms with E-state index in [2.05, 4.69) is 5.32 Å². The third-order valence-electron chi connectivity index (χ3n) is 3.37. The van der Waals surface area contributed by atoms with Crippen LogP contribution in [0.5, 0.6) is 0 Å². The van der Waals surface area contributed by atoms with Crippen LogP contribution in [0.4, 0.5) is 0 Å². The average Bonchev–Trinajstić information content (AvgIpc) is 2.55. The SMILES string of the molecule is CSCC[C@@H](CSSC[C@@H](Cc1ccccc1)C(=O)O)NC(C)=O. The van der Waals surface area contributed by atoms with E-state index >= 15 is 0 Å². The zero-order valence-corrected chi connectivity index (χ0v) is 16.5. The van der Waals surface area contributed by atoms with Crippen molar-refractivity contribution in [3.63, 3.8) is 0 Å². The van der Waals surface area contributed by atoms with Gasteiger partial charge in [-0.15, -0.1) is 0 Å². The van der Waals surface area contributed by atoms with Crippen LogP contribution in [0.25, 0.3) is 0 Å². The van der Waals surface area contributed by atoms with E-state index in [1.807, 2.05) is 36.6 Å². The summed E-state index contributed by atoms with van der Waals surface area (Å²) in [5.41, 5.74) is 1.05. The molecule has 1 aromatic carbocycles. The fourth-order valence-electron chi connectivity index (χ4n) is 2.12. The van der Waals surface area contributed by atoms with Crippen LogP contribution in [0, 0.1) is 5.92 Å². The lowest BCUT2D eigenvalue weighted by atomic mass is 10.0. The smallest absolute Gasteiger partial charge is 0.307 e. The molecule has 0 saturated carbocycles. The highest BCUT2D eigenvalue weighted by molar-refractivity contribution is 8.76. The van der Waals surface area contributed by atoms with E-state index in [0.717, 1.165) is 23.5 Å². The molecule has 0 unspecified atom stereocenters. The van der Waals surface area contributed by atoms with Gasteiger partial charge in [0.25, 0.3) is 0 Å². The van der Waals surface area contributed by atoms with Crippen molar-refractivity contribution in [1.29, 1.82) is 0 Å². The Morgan fingerprint density at radius 1 is 1.17 bits per heavy atom. The first kappa shape index (κ1) is 21.3. The summed E-state index contributed by atoms with van der Waals surface area (Å²) in [6.45, 7) is 1.53. The van der Waals surface area contributed by atoms with Gasteiger partial charge in [0, 0.05) is 24.5 Å². The van der Waals surface area contributed by atoms with Gasteiger partial charge in [-0.05, 0) is 30.4 Å². The Kier molecular flexibility index (Phi) is 11.1. The predicted molar refractivity (Wildman–Crippen MR) is 107 cm³/mol. The summed E-state index contributed by atoms with van der Waals surface area (Å²) >= 11 is 1.76. The number of hydrogen-bond donors (Lipinski definition) is 2. The molecule has 0 spiro atoms. The van der Waals surface area contributed by atoms with E-state index in [4.69, 9.17) is 0 Å². The lowest BCUT2D eigenvalue weighted by Crippen LogP contribution is -2.35. The molecule has 0 aliphatic rings. The molecule has 1 amide bonds. The van der Waals surface area contributed by atoms with Gasteiger partial charge in [0.2, 0.25) is 5.91 Å². The Balaban J connectivity index is 2.38. The topological polar surface area (TPSA) is 66.4 Å². The predicted octanol–water partition coefficient (Wildman–Crippen LogP) is 3.57. The van der Waals surface area contributed by atoms with Crippen molar-refractivity contribution in [2.45, 2.75) is 25.8 Å². The van der Waals surface area contributed by atoms with Crippen molar-refractivity contribution in [1.82, 2.24) is 5.32 Å². The van der Waals surface area contributed by atoms with E-state index in [0.29, 0.717) is 12.2 Å². The molecule has 2 atom stereocenters. The summed E-state index contributed by atoms with van der Waals surface area (Å²) in [6.07, 6.45) is 3.53. The van der Waals surface area contributed by atoms with Crippen molar-refractivity contribution < 1.29 is 14.7 Å². The normalized spacial score (nSPS) is 13.2. The standard InChI is InChI=1S/C17H25NO3S3/c1-13(19)18-16(8-9-22-2)12-24-23-11-15(17(20)21)10-14-6-4-3-5-7-14/h3-7,15-16H,8-12H2,1-2H3,(H,18,19)(H,20,21)/t15-,16+/m1/s1. The van der Waals surface area contributed by atoms with Gasteiger partial charge in [-0.25, -0.2) is 0 Å². The first-order chi connectivity index (χ1) is 11.5. The fourth-order valence-corrected chi connectivity index (χ4v) is 5.24. The van der Waals surface area contributed by atoms with Crippen molar-refractivity contribution in [3.8, 4) is 0 Å². The van der Waals surface area contributed by atoms with Gasteiger partial charge in [-0.3, -0.25) is 9.59 Å². The Morgan fingerprint density at radius 2 is 1.83 bits per heavy atom. The van der Waals surface area contributed by atoms with Crippen molar-refractivity contribution in [3.05, 3.63) is 35.9 Å². The Bertz CT molecular complexity index is 499. The number of hydrogen-bond acceptors (Lipinski definition) is 5. The van der Waals surface area contributed by atoms with Crippen molar-refractivity contribution >= 4 is 45.2 Å². The number of carbonyl (C=O) groups is 2. The largest absolute Gasteiger partial charge is 0.481 e. The molecule has 1 rings (SSSR count). The van der Waals surface area contributed by atoms with Crippen molar-refractivity contribution in [2.75, 3.05) is 23.5 Å². The average molecular weight is 388 g/mol. The van der Waals surface area contributed by atoms with Gasteiger partial charge < -0.3 is 10.4 Å². The lowest BCUT2D eigenvalue weighted by molar-refractivity contribution is -0.140. The fraction of sp³-hybridized carbons (Fsp3) is 0.529. The number of carbonyl (C=O) groups excluding carboxylic acids is 1. The summed E-state index contributed by atoms with van der Waals surface area (Å²) in [5.74, 6) is 1.19. The third kappa shape index (κ3) is 9.49. The highest BCUT2D eigenvalue weighted by atomic mass is 33.1. The molecule has 0 aromatic heterocycles. The number of benzene rings is 1. The zero-order chi connectivity index (χ0) is 17.8. The van der Waals surface area contributed by atoms with Gasteiger partial charge in [0.15, 0.2) is 0 Å². The second-order valence-corrected chi connectivity index (χ2v) is 9.01. The molecule has 0 aliphatic heterocycles. The summed E-state index contributed by atoms with van der Waals surface area (Å²) in [7, 11) is 3.21. The quantitative estimate of drug-likeness (QED) is 0.422. The molecule has 0 heterocycles. The van der Waals surface area contributed by atoms with E-state index in [1.54, 1.807) is 33.3 Å².